The Bertz CT molecular complexity index is 1540. The maximum Gasteiger partial charge on any atom is 0.338 e. The van der Waals surface area contributed by atoms with Gasteiger partial charge in [-0.3, -0.25) is 4.79 Å². The molecule has 0 fully saturated rings. The van der Waals surface area contributed by atoms with Gasteiger partial charge in [0.1, 0.15) is 5.82 Å². The zero-order chi connectivity index (χ0) is 24.4. The van der Waals surface area contributed by atoms with Crippen LogP contribution in [-0.4, -0.2) is 27.9 Å². The van der Waals surface area contributed by atoms with Crippen molar-refractivity contribution >= 4 is 39.4 Å². The number of aryl methyl sites for hydroxylation is 1. The Kier molecular flexibility index (Phi) is 6.02. The predicted molar refractivity (Wildman–Crippen MR) is 138 cm³/mol. The molecule has 174 valence electrons. The zero-order valence-corrected chi connectivity index (χ0v) is 19.5. The van der Waals surface area contributed by atoms with E-state index in [-0.39, 0.29) is 5.91 Å². The lowest BCUT2D eigenvalue weighted by atomic mass is 10.1. The minimum Gasteiger partial charge on any atom is -0.449 e. The second-order valence-electron chi connectivity index (χ2n) is 8.54. The summed E-state index contributed by atoms with van der Waals surface area (Å²) in [5, 5.41) is 4.97. The molecule has 4 aromatic carbocycles. The quantitative estimate of drug-likeness (QED) is 0.291. The Morgan fingerprint density at radius 3 is 2.49 bits per heavy atom. The van der Waals surface area contributed by atoms with Gasteiger partial charge in [0.2, 0.25) is 0 Å². The maximum atomic E-state index is 12.9. The van der Waals surface area contributed by atoms with Crippen LogP contribution in [0.1, 0.15) is 29.3 Å². The van der Waals surface area contributed by atoms with Gasteiger partial charge < -0.3 is 15.0 Å². The number of aromatic amines is 1. The topological polar surface area (TPSA) is 84.1 Å². The van der Waals surface area contributed by atoms with E-state index >= 15 is 0 Å². The summed E-state index contributed by atoms with van der Waals surface area (Å²) in [5.74, 6) is -0.189. The number of nitrogens with zero attached hydrogens (tertiary/aromatic N) is 1. The van der Waals surface area contributed by atoms with Crippen molar-refractivity contribution in [1.82, 2.24) is 9.97 Å². The average Bonchev–Trinajstić information content (AvgIpc) is 3.31. The summed E-state index contributed by atoms with van der Waals surface area (Å²) < 4.78 is 5.58. The second-order valence-corrected chi connectivity index (χ2v) is 8.54. The normalized spacial score (nSPS) is 11.9. The molecule has 0 saturated carbocycles. The molecule has 5 rings (SSSR count). The number of amides is 1. The minimum absolute atomic E-state index is 0.355. The molecule has 0 saturated heterocycles. The number of ether oxygens (including phenoxy) is 1. The fraction of sp³-hybridized carbons (Fsp3) is 0.138. The number of nitrogens with one attached hydrogen (secondary N) is 2. The molecular formula is C29H25N3O3. The van der Waals surface area contributed by atoms with Crippen molar-refractivity contribution in [3.8, 4) is 11.4 Å². The third-order valence-corrected chi connectivity index (χ3v) is 5.97. The fourth-order valence-electron chi connectivity index (χ4n) is 3.99. The number of esters is 1. The first kappa shape index (κ1) is 22.3. The van der Waals surface area contributed by atoms with Crippen LogP contribution in [0.3, 0.4) is 0 Å². The fourth-order valence-corrected chi connectivity index (χ4v) is 3.99. The van der Waals surface area contributed by atoms with Crippen molar-refractivity contribution in [2.24, 2.45) is 0 Å². The molecule has 0 radical (unpaired) electrons. The lowest BCUT2D eigenvalue weighted by Crippen LogP contribution is -2.32. The van der Waals surface area contributed by atoms with Crippen LogP contribution >= 0.6 is 0 Å². The van der Waals surface area contributed by atoms with Gasteiger partial charge in [-0.25, -0.2) is 9.78 Å². The first-order valence-corrected chi connectivity index (χ1v) is 11.6. The number of hydrogen-bond acceptors (Lipinski definition) is 4. The van der Waals surface area contributed by atoms with Crippen LogP contribution in [0.25, 0.3) is 33.2 Å². The number of carbonyl (C=O) groups is 2. The molecule has 0 spiro atoms. The molecule has 35 heavy (non-hydrogen) atoms. The lowest BCUT2D eigenvalue weighted by Gasteiger charge is -2.16. The van der Waals surface area contributed by atoms with Gasteiger partial charge in [0.25, 0.3) is 5.91 Å². The number of hydrogen-bond donors (Lipinski definition) is 2. The van der Waals surface area contributed by atoms with Crippen molar-refractivity contribution in [2.75, 3.05) is 5.32 Å². The number of anilines is 1. The van der Waals surface area contributed by atoms with E-state index in [9.17, 15) is 9.59 Å². The van der Waals surface area contributed by atoms with Gasteiger partial charge in [0.15, 0.2) is 6.10 Å². The molecular weight excluding hydrogens is 438 g/mol. The summed E-state index contributed by atoms with van der Waals surface area (Å²) in [6, 6.07) is 26.8. The van der Waals surface area contributed by atoms with E-state index in [1.54, 1.807) is 18.2 Å². The standard InChI is InChI=1S/C29H25N3O3/c1-3-26(28(33)30-23-14-12-19-6-4-5-7-21(19)16-23)35-29(34)22-13-15-24-25(17-22)32-27(31-24)20-10-8-18(2)9-11-20/h4-17,26H,3H2,1-2H3,(H,30,33)(H,31,32). The summed E-state index contributed by atoms with van der Waals surface area (Å²) in [6.45, 7) is 3.84. The van der Waals surface area contributed by atoms with Crippen LogP contribution in [0.4, 0.5) is 5.69 Å². The highest BCUT2D eigenvalue weighted by Crippen LogP contribution is 2.23. The average molecular weight is 464 g/mol. The summed E-state index contributed by atoms with van der Waals surface area (Å²) >= 11 is 0. The Morgan fingerprint density at radius 2 is 1.71 bits per heavy atom. The molecule has 0 aliphatic heterocycles. The van der Waals surface area contributed by atoms with Crippen LogP contribution in [0.15, 0.2) is 84.9 Å². The van der Waals surface area contributed by atoms with E-state index in [1.807, 2.05) is 80.6 Å². The Hall–Kier alpha value is -4.45. The molecule has 1 aromatic heterocycles. The van der Waals surface area contributed by atoms with Crippen LogP contribution in [0.5, 0.6) is 0 Å². The van der Waals surface area contributed by atoms with Gasteiger partial charge in [-0.2, -0.15) is 0 Å². The first-order valence-electron chi connectivity index (χ1n) is 11.6. The lowest BCUT2D eigenvalue weighted by molar-refractivity contribution is -0.124. The summed E-state index contributed by atoms with van der Waals surface area (Å²) in [4.78, 5) is 33.6. The Labute approximate surface area is 203 Å². The molecule has 0 bridgehead atoms. The smallest absolute Gasteiger partial charge is 0.338 e. The highest BCUT2D eigenvalue weighted by Gasteiger charge is 2.22. The molecule has 0 aliphatic carbocycles. The van der Waals surface area contributed by atoms with Crippen molar-refractivity contribution in [3.05, 3.63) is 96.1 Å². The number of fused-ring (bicyclic) bond motifs is 2. The maximum absolute atomic E-state index is 12.9. The Morgan fingerprint density at radius 1 is 0.943 bits per heavy atom. The van der Waals surface area contributed by atoms with E-state index in [2.05, 4.69) is 15.3 Å². The highest BCUT2D eigenvalue weighted by molar-refractivity contribution is 6.00. The molecule has 1 unspecified atom stereocenters. The van der Waals surface area contributed by atoms with Crippen LogP contribution < -0.4 is 5.32 Å². The number of imidazole rings is 1. The minimum atomic E-state index is -0.908. The molecule has 6 heteroatoms. The number of carbonyl (C=O) groups excluding carboxylic acids is 2. The monoisotopic (exact) mass is 463 g/mol. The van der Waals surface area contributed by atoms with Crippen LogP contribution in [-0.2, 0) is 9.53 Å². The van der Waals surface area contributed by atoms with Gasteiger partial charge in [0, 0.05) is 11.3 Å². The van der Waals surface area contributed by atoms with Crippen molar-refractivity contribution in [1.29, 1.82) is 0 Å². The number of benzene rings is 4. The third-order valence-electron chi connectivity index (χ3n) is 5.97. The van der Waals surface area contributed by atoms with E-state index in [0.29, 0.717) is 17.7 Å². The molecule has 1 amide bonds. The molecule has 1 heterocycles. The second kappa shape index (κ2) is 9.43. The summed E-state index contributed by atoms with van der Waals surface area (Å²) in [7, 11) is 0. The summed E-state index contributed by atoms with van der Waals surface area (Å²) in [6.07, 6.45) is -0.552. The molecule has 6 nitrogen and oxygen atoms in total. The van der Waals surface area contributed by atoms with Gasteiger partial charge >= 0.3 is 5.97 Å². The van der Waals surface area contributed by atoms with Gasteiger partial charge in [-0.1, -0.05) is 67.1 Å². The molecule has 0 aliphatic rings. The Balaban J connectivity index is 1.30. The van der Waals surface area contributed by atoms with E-state index < -0.39 is 12.1 Å². The SMILES string of the molecule is CCC(OC(=O)c1ccc2nc(-c3ccc(C)cc3)[nH]c2c1)C(=O)Nc1ccc2ccccc2c1. The highest BCUT2D eigenvalue weighted by atomic mass is 16.5. The first-order chi connectivity index (χ1) is 17.0. The molecule has 5 aromatic rings. The molecule has 1 atom stereocenters. The number of rotatable bonds is 6. The number of aromatic nitrogens is 2. The van der Waals surface area contributed by atoms with Crippen molar-refractivity contribution in [2.45, 2.75) is 26.4 Å². The molecule has 2 N–H and O–H groups in total. The van der Waals surface area contributed by atoms with Crippen molar-refractivity contribution in [3.63, 3.8) is 0 Å². The predicted octanol–water partition coefficient (Wildman–Crippen LogP) is 6.27. The van der Waals surface area contributed by atoms with E-state index in [0.717, 1.165) is 33.2 Å². The van der Waals surface area contributed by atoms with E-state index in [1.165, 1.54) is 5.56 Å². The van der Waals surface area contributed by atoms with E-state index in [4.69, 9.17) is 4.74 Å². The van der Waals surface area contributed by atoms with Crippen LogP contribution in [0, 0.1) is 6.92 Å². The number of H-pyrrole nitrogens is 1. The van der Waals surface area contributed by atoms with Crippen LogP contribution in [0.2, 0.25) is 0 Å². The van der Waals surface area contributed by atoms with Gasteiger partial charge in [-0.05, 0) is 54.4 Å². The third kappa shape index (κ3) is 4.77. The van der Waals surface area contributed by atoms with Gasteiger partial charge in [-0.15, -0.1) is 0 Å². The zero-order valence-electron chi connectivity index (χ0n) is 19.5. The van der Waals surface area contributed by atoms with Crippen molar-refractivity contribution < 1.29 is 14.3 Å². The van der Waals surface area contributed by atoms with Gasteiger partial charge in [0.05, 0.1) is 16.6 Å². The summed E-state index contributed by atoms with van der Waals surface area (Å²) in [5.41, 5.74) is 4.62. The largest absolute Gasteiger partial charge is 0.449 e.